The maximum Gasteiger partial charge on any atom is 0.0938 e. The second kappa shape index (κ2) is 3.32. The minimum atomic E-state index is -0.553. The van der Waals surface area contributed by atoms with Gasteiger partial charge in [-0.15, -0.1) is 0 Å². The maximum atomic E-state index is 9.72. The van der Waals surface area contributed by atoms with Gasteiger partial charge in [-0.3, -0.25) is 0 Å². The Labute approximate surface area is 92.7 Å². The monoisotopic (exact) mass is 212 g/mol. The van der Waals surface area contributed by atoms with Crippen molar-refractivity contribution in [1.29, 1.82) is 0 Å². The van der Waals surface area contributed by atoms with Crippen LogP contribution in [0.4, 0.5) is 0 Å². The van der Waals surface area contributed by atoms with Crippen LogP contribution in [0, 0.1) is 0 Å². The molecule has 1 aromatic carbocycles. The van der Waals surface area contributed by atoms with E-state index in [1.165, 1.54) is 0 Å². The van der Waals surface area contributed by atoms with Gasteiger partial charge in [-0.1, -0.05) is 18.2 Å². The van der Waals surface area contributed by atoms with Gasteiger partial charge >= 0.3 is 0 Å². The van der Waals surface area contributed by atoms with Crippen LogP contribution < -0.4 is 0 Å². The van der Waals surface area contributed by atoms with Crippen molar-refractivity contribution in [2.75, 3.05) is 0 Å². The van der Waals surface area contributed by atoms with Gasteiger partial charge in [-0.05, 0) is 19.1 Å². The van der Waals surface area contributed by atoms with E-state index in [9.17, 15) is 5.11 Å². The van der Waals surface area contributed by atoms with Gasteiger partial charge in [0.15, 0.2) is 0 Å². The summed E-state index contributed by atoms with van der Waals surface area (Å²) in [7, 11) is 0. The zero-order valence-electron chi connectivity index (χ0n) is 8.94. The van der Waals surface area contributed by atoms with Gasteiger partial charge < -0.3 is 10.1 Å². The maximum absolute atomic E-state index is 9.72. The van der Waals surface area contributed by atoms with Crippen LogP contribution in [0.25, 0.3) is 21.8 Å². The number of hydrogen-bond donors (Lipinski definition) is 2. The van der Waals surface area contributed by atoms with Gasteiger partial charge in [0.05, 0.1) is 22.8 Å². The number of aromatic amines is 1. The van der Waals surface area contributed by atoms with E-state index < -0.39 is 6.10 Å². The minimum absolute atomic E-state index is 0.553. The van der Waals surface area contributed by atoms with Crippen LogP contribution in [0.1, 0.15) is 18.7 Å². The second-order valence-electron chi connectivity index (χ2n) is 3.96. The standard InChI is InChI=1S/C13H12N2O/c1-8(16)12-10-6-7-14-13(10)9-4-2-3-5-11(9)15-12/h2-8,14,16H,1H3/t8-/m1/s1. The number of pyridine rings is 1. The zero-order chi connectivity index (χ0) is 11.1. The first-order valence-electron chi connectivity index (χ1n) is 5.31. The van der Waals surface area contributed by atoms with Gasteiger partial charge in [0, 0.05) is 17.0 Å². The Hall–Kier alpha value is -1.87. The molecule has 2 aromatic heterocycles. The van der Waals surface area contributed by atoms with Crippen LogP contribution in [0.15, 0.2) is 36.5 Å². The summed E-state index contributed by atoms with van der Waals surface area (Å²) in [5.74, 6) is 0. The quantitative estimate of drug-likeness (QED) is 0.651. The van der Waals surface area contributed by atoms with Crippen molar-refractivity contribution < 1.29 is 5.11 Å². The molecule has 1 atom stereocenters. The van der Waals surface area contributed by atoms with Gasteiger partial charge in [-0.2, -0.15) is 0 Å². The fraction of sp³-hybridized carbons (Fsp3) is 0.154. The number of H-pyrrole nitrogens is 1. The van der Waals surface area contributed by atoms with Crippen LogP contribution >= 0.6 is 0 Å². The SMILES string of the molecule is C[C@@H](O)c1nc2ccccc2c2[nH]ccc12. The summed E-state index contributed by atoms with van der Waals surface area (Å²) in [6.07, 6.45) is 1.33. The molecule has 2 heterocycles. The van der Waals surface area contributed by atoms with Gasteiger partial charge in [0.25, 0.3) is 0 Å². The average molecular weight is 212 g/mol. The highest BCUT2D eigenvalue weighted by atomic mass is 16.3. The molecule has 3 aromatic rings. The van der Waals surface area contributed by atoms with E-state index in [4.69, 9.17) is 0 Å². The number of rotatable bonds is 1. The third-order valence-electron chi connectivity index (χ3n) is 2.83. The number of aromatic nitrogens is 2. The molecule has 0 aliphatic rings. The second-order valence-corrected chi connectivity index (χ2v) is 3.96. The molecule has 0 radical (unpaired) electrons. The molecule has 0 unspecified atom stereocenters. The molecule has 0 spiro atoms. The van der Waals surface area contributed by atoms with Crippen LogP contribution in [0.3, 0.4) is 0 Å². The topological polar surface area (TPSA) is 48.9 Å². The largest absolute Gasteiger partial charge is 0.387 e. The predicted molar refractivity (Wildman–Crippen MR) is 64.2 cm³/mol. The molecule has 80 valence electrons. The molecule has 0 aliphatic carbocycles. The third kappa shape index (κ3) is 1.22. The van der Waals surface area contributed by atoms with Gasteiger partial charge in [0.2, 0.25) is 0 Å². The normalized spacial score (nSPS) is 13.4. The lowest BCUT2D eigenvalue weighted by Crippen LogP contribution is -1.97. The molecular formula is C13H12N2O. The number of benzene rings is 1. The Balaban J connectivity index is 2.53. The highest BCUT2D eigenvalue weighted by molar-refractivity contribution is 6.04. The lowest BCUT2D eigenvalue weighted by molar-refractivity contribution is 0.196. The molecule has 0 saturated carbocycles. The van der Waals surface area contributed by atoms with E-state index in [1.807, 2.05) is 36.5 Å². The lowest BCUT2D eigenvalue weighted by Gasteiger charge is -2.08. The van der Waals surface area contributed by atoms with Crippen molar-refractivity contribution in [1.82, 2.24) is 9.97 Å². The Morgan fingerprint density at radius 1 is 1.19 bits per heavy atom. The van der Waals surface area contributed by atoms with Gasteiger partial charge in [0.1, 0.15) is 0 Å². The van der Waals surface area contributed by atoms with Crippen LogP contribution in [-0.4, -0.2) is 15.1 Å². The third-order valence-corrected chi connectivity index (χ3v) is 2.83. The summed E-state index contributed by atoms with van der Waals surface area (Å²) >= 11 is 0. The molecule has 0 fully saturated rings. The van der Waals surface area contributed by atoms with Crippen molar-refractivity contribution in [3.63, 3.8) is 0 Å². The Kier molecular flexibility index (Phi) is 1.94. The molecule has 3 heteroatoms. The van der Waals surface area contributed by atoms with Crippen molar-refractivity contribution in [3.8, 4) is 0 Å². The average Bonchev–Trinajstić information content (AvgIpc) is 2.76. The molecule has 3 nitrogen and oxygen atoms in total. The van der Waals surface area contributed by atoms with Crippen LogP contribution in [0.5, 0.6) is 0 Å². The molecule has 0 saturated heterocycles. The summed E-state index contributed by atoms with van der Waals surface area (Å²) in [5, 5.41) is 11.8. The molecule has 0 amide bonds. The first kappa shape index (κ1) is 9.36. The number of nitrogens with zero attached hydrogens (tertiary/aromatic N) is 1. The number of para-hydroxylation sites is 1. The fourth-order valence-electron chi connectivity index (χ4n) is 2.10. The summed E-state index contributed by atoms with van der Waals surface area (Å²) in [5.41, 5.74) is 2.69. The van der Waals surface area contributed by atoms with Crippen molar-refractivity contribution in [2.45, 2.75) is 13.0 Å². The Morgan fingerprint density at radius 2 is 2.00 bits per heavy atom. The van der Waals surface area contributed by atoms with Crippen molar-refractivity contribution in [2.24, 2.45) is 0 Å². The molecule has 3 rings (SSSR count). The van der Waals surface area contributed by atoms with Gasteiger partial charge in [-0.25, -0.2) is 4.98 Å². The predicted octanol–water partition coefficient (Wildman–Crippen LogP) is 2.77. The van der Waals surface area contributed by atoms with Crippen LogP contribution in [-0.2, 0) is 0 Å². The van der Waals surface area contributed by atoms with E-state index in [1.54, 1.807) is 6.92 Å². The van der Waals surface area contributed by atoms with Crippen molar-refractivity contribution in [3.05, 3.63) is 42.2 Å². The number of aliphatic hydroxyl groups excluding tert-OH is 1. The highest BCUT2D eigenvalue weighted by Crippen LogP contribution is 2.28. The Bertz CT molecular complexity index is 655. The van der Waals surface area contributed by atoms with E-state index in [-0.39, 0.29) is 0 Å². The summed E-state index contributed by atoms with van der Waals surface area (Å²) in [6.45, 7) is 1.74. The smallest absolute Gasteiger partial charge is 0.0938 e. The minimum Gasteiger partial charge on any atom is -0.387 e. The van der Waals surface area contributed by atoms with E-state index >= 15 is 0 Å². The van der Waals surface area contributed by atoms with E-state index in [0.29, 0.717) is 0 Å². The van der Waals surface area contributed by atoms with Crippen molar-refractivity contribution >= 4 is 21.8 Å². The molecule has 0 bridgehead atoms. The highest BCUT2D eigenvalue weighted by Gasteiger charge is 2.12. The number of hydrogen-bond acceptors (Lipinski definition) is 2. The van der Waals surface area contributed by atoms with E-state index in [0.717, 1.165) is 27.5 Å². The number of nitrogens with one attached hydrogen (secondary N) is 1. The number of fused-ring (bicyclic) bond motifs is 3. The zero-order valence-corrected chi connectivity index (χ0v) is 8.94. The molecular weight excluding hydrogens is 200 g/mol. The molecule has 2 N–H and O–H groups in total. The summed E-state index contributed by atoms with van der Waals surface area (Å²) < 4.78 is 0. The summed E-state index contributed by atoms with van der Waals surface area (Å²) in [6, 6.07) is 9.90. The first-order valence-corrected chi connectivity index (χ1v) is 5.31. The van der Waals surface area contributed by atoms with Crippen LogP contribution in [0.2, 0.25) is 0 Å². The number of aliphatic hydroxyl groups is 1. The molecule has 16 heavy (non-hydrogen) atoms. The fourth-order valence-corrected chi connectivity index (χ4v) is 2.10. The summed E-state index contributed by atoms with van der Waals surface area (Å²) in [4.78, 5) is 7.71. The Morgan fingerprint density at radius 3 is 2.81 bits per heavy atom. The molecule has 0 aliphatic heterocycles. The van der Waals surface area contributed by atoms with E-state index in [2.05, 4.69) is 9.97 Å². The lowest BCUT2D eigenvalue weighted by atomic mass is 10.1. The first-order chi connectivity index (χ1) is 7.77.